The molecule has 2 fully saturated rings. The van der Waals surface area contributed by atoms with Crippen LogP contribution in [0.15, 0.2) is 24.3 Å². The summed E-state index contributed by atoms with van der Waals surface area (Å²) in [5.74, 6) is 0.682. The van der Waals surface area contributed by atoms with E-state index in [2.05, 4.69) is 16.0 Å². The van der Waals surface area contributed by atoms with Crippen molar-refractivity contribution in [3.8, 4) is 0 Å². The first-order valence-electron chi connectivity index (χ1n) is 9.58. The molecular formula is C20H30ClN3O2. The van der Waals surface area contributed by atoms with Crippen LogP contribution in [0.3, 0.4) is 0 Å². The van der Waals surface area contributed by atoms with Crippen molar-refractivity contribution in [1.29, 1.82) is 0 Å². The predicted octanol–water partition coefficient (Wildman–Crippen LogP) is 2.79. The van der Waals surface area contributed by atoms with Crippen LogP contribution in [-0.2, 0) is 11.3 Å². The van der Waals surface area contributed by atoms with Crippen molar-refractivity contribution in [1.82, 2.24) is 16.0 Å². The van der Waals surface area contributed by atoms with Gasteiger partial charge in [0.25, 0.3) is 5.91 Å². The molecule has 5 nitrogen and oxygen atoms in total. The molecule has 1 heterocycles. The molecule has 1 aromatic rings. The highest BCUT2D eigenvalue weighted by atomic mass is 35.5. The molecule has 0 spiro atoms. The van der Waals surface area contributed by atoms with E-state index in [9.17, 15) is 9.59 Å². The zero-order valence-electron chi connectivity index (χ0n) is 15.4. The molecule has 6 heteroatoms. The Morgan fingerprint density at radius 1 is 1.19 bits per heavy atom. The maximum Gasteiger partial charge on any atom is 0.251 e. The highest BCUT2D eigenvalue weighted by Gasteiger charge is 2.37. The van der Waals surface area contributed by atoms with Gasteiger partial charge >= 0.3 is 0 Å². The van der Waals surface area contributed by atoms with Crippen molar-refractivity contribution in [2.45, 2.75) is 64.1 Å². The monoisotopic (exact) mass is 379 g/mol. The molecule has 1 aliphatic heterocycles. The van der Waals surface area contributed by atoms with Gasteiger partial charge in [-0.2, -0.15) is 0 Å². The fraction of sp³-hybridized carbons (Fsp3) is 0.600. The topological polar surface area (TPSA) is 70.2 Å². The van der Waals surface area contributed by atoms with E-state index < -0.39 is 0 Å². The van der Waals surface area contributed by atoms with E-state index in [1.165, 1.54) is 25.7 Å². The van der Waals surface area contributed by atoms with Gasteiger partial charge in [-0.15, -0.1) is 12.4 Å². The van der Waals surface area contributed by atoms with E-state index in [0.29, 0.717) is 30.6 Å². The van der Waals surface area contributed by atoms with Gasteiger partial charge in [0.2, 0.25) is 5.91 Å². The Bertz CT molecular complexity index is 609. The summed E-state index contributed by atoms with van der Waals surface area (Å²) in [5, 5.41) is 9.41. The first kappa shape index (κ1) is 20.7. The van der Waals surface area contributed by atoms with Gasteiger partial charge in [0.1, 0.15) is 0 Å². The van der Waals surface area contributed by atoms with Gasteiger partial charge in [0.15, 0.2) is 0 Å². The molecule has 3 unspecified atom stereocenters. The Hall–Kier alpha value is -1.59. The summed E-state index contributed by atoms with van der Waals surface area (Å²) in [6.45, 7) is 3.16. The van der Waals surface area contributed by atoms with Gasteiger partial charge in [-0.25, -0.2) is 0 Å². The number of benzene rings is 1. The third-order valence-electron chi connectivity index (χ3n) is 5.37. The summed E-state index contributed by atoms with van der Waals surface area (Å²) in [6, 6.07) is 7.93. The number of rotatable bonds is 6. The van der Waals surface area contributed by atoms with Gasteiger partial charge in [-0.1, -0.05) is 31.9 Å². The van der Waals surface area contributed by atoms with Gasteiger partial charge < -0.3 is 16.0 Å². The number of halogens is 1. The lowest BCUT2D eigenvalue weighted by Crippen LogP contribution is -2.42. The van der Waals surface area contributed by atoms with Crippen molar-refractivity contribution in [2.75, 3.05) is 6.54 Å². The maximum absolute atomic E-state index is 12.5. The van der Waals surface area contributed by atoms with Crippen LogP contribution in [0.5, 0.6) is 0 Å². The second kappa shape index (κ2) is 9.93. The summed E-state index contributed by atoms with van der Waals surface area (Å²) < 4.78 is 0. The number of carbonyl (C=O) groups is 2. The highest BCUT2D eigenvalue weighted by molar-refractivity contribution is 5.94. The number of hydrogen-bond acceptors (Lipinski definition) is 3. The molecule has 144 valence electrons. The van der Waals surface area contributed by atoms with E-state index in [4.69, 9.17) is 0 Å². The first-order chi connectivity index (χ1) is 12.2. The van der Waals surface area contributed by atoms with Crippen molar-refractivity contribution < 1.29 is 9.59 Å². The fourth-order valence-corrected chi connectivity index (χ4v) is 4.00. The van der Waals surface area contributed by atoms with Gasteiger partial charge in [-0.05, 0) is 49.3 Å². The average Bonchev–Trinajstić information content (AvgIpc) is 3.08. The van der Waals surface area contributed by atoms with Crippen LogP contribution in [-0.4, -0.2) is 30.4 Å². The second-order valence-electron chi connectivity index (χ2n) is 7.28. The SMILES string of the molecule is CCCNC(=O)c1cccc(CNC(=O)C2CC3CCCCC3N2)c1.Cl. The summed E-state index contributed by atoms with van der Waals surface area (Å²) in [7, 11) is 0. The number of hydrogen-bond donors (Lipinski definition) is 3. The number of carbonyl (C=O) groups excluding carboxylic acids is 2. The lowest BCUT2D eigenvalue weighted by Gasteiger charge is -2.24. The van der Waals surface area contributed by atoms with Crippen molar-refractivity contribution in [2.24, 2.45) is 5.92 Å². The van der Waals surface area contributed by atoms with E-state index in [-0.39, 0.29) is 30.3 Å². The molecule has 1 aromatic carbocycles. The molecule has 3 N–H and O–H groups in total. The minimum atomic E-state index is -0.0656. The van der Waals surface area contributed by atoms with Crippen LogP contribution in [0.25, 0.3) is 0 Å². The van der Waals surface area contributed by atoms with Crippen LogP contribution >= 0.6 is 12.4 Å². The zero-order valence-corrected chi connectivity index (χ0v) is 16.2. The largest absolute Gasteiger partial charge is 0.352 e. The van der Waals surface area contributed by atoms with E-state index in [0.717, 1.165) is 18.4 Å². The molecule has 3 rings (SSSR count). The Morgan fingerprint density at radius 2 is 2.00 bits per heavy atom. The molecule has 3 atom stereocenters. The third kappa shape index (κ3) is 5.21. The van der Waals surface area contributed by atoms with Gasteiger partial charge in [0, 0.05) is 24.7 Å². The molecule has 1 saturated carbocycles. The number of amides is 2. The summed E-state index contributed by atoms with van der Waals surface area (Å²) >= 11 is 0. The van der Waals surface area contributed by atoms with Crippen LogP contribution < -0.4 is 16.0 Å². The molecule has 0 bridgehead atoms. The maximum atomic E-state index is 12.5. The highest BCUT2D eigenvalue weighted by Crippen LogP contribution is 2.33. The molecule has 0 aromatic heterocycles. The van der Waals surface area contributed by atoms with Crippen molar-refractivity contribution in [3.63, 3.8) is 0 Å². The van der Waals surface area contributed by atoms with Crippen molar-refractivity contribution >= 4 is 24.2 Å². The second-order valence-corrected chi connectivity index (χ2v) is 7.28. The minimum absolute atomic E-state index is 0. The third-order valence-corrected chi connectivity index (χ3v) is 5.37. The molecule has 0 radical (unpaired) electrons. The Kier molecular flexibility index (Phi) is 7.91. The van der Waals surface area contributed by atoms with E-state index >= 15 is 0 Å². The van der Waals surface area contributed by atoms with Crippen LogP contribution in [0.4, 0.5) is 0 Å². The molecule has 1 aliphatic carbocycles. The Morgan fingerprint density at radius 3 is 2.77 bits per heavy atom. The lowest BCUT2D eigenvalue weighted by molar-refractivity contribution is -0.123. The molecule has 2 aliphatic rings. The average molecular weight is 380 g/mol. The quantitative estimate of drug-likeness (QED) is 0.711. The smallest absolute Gasteiger partial charge is 0.251 e. The minimum Gasteiger partial charge on any atom is -0.352 e. The first-order valence-corrected chi connectivity index (χ1v) is 9.58. The standard InChI is InChI=1S/C20H29N3O2.ClH/c1-2-10-21-19(24)16-8-5-6-14(11-16)13-22-20(25)18-12-15-7-3-4-9-17(15)23-18;/h5-6,8,11,15,17-18,23H,2-4,7,9-10,12-13H2,1H3,(H,21,24)(H,22,25);1H. The van der Waals surface area contributed by atoms with E-state index in [1.54, 1.807) is 6.07 Å². The predicted molar refractivity (Wildman–Crippen MR) is 105 cm³/mol. The zero-order chi connectivity index (χ0) is 17.6. The van der Waals surface area contributed by atoms with E-state index in [1.807, 2.05) is 25.1 Å². The number of nitrogens with one attached hydrogen (secondary N) is 3. The van der Waals surface area contributed by atoms with Crippen LogP contribution in [0, 0.1) is 5.92 Å². The van der Waals surface area contributed by atoms with Crippen LogP contribution in [0.2, 0.25) is 0 Å². The summed E-state index contributed by atoms with van der Waals surface area (Å²) in [4.78, 5) is 24.5. The summed E-state index contributed by atoms with van der Waals surface area (Å²) in [6.07, 6.45) is 6.88. The van der Waals surface area contributed by atoms with Gasteiger partial charge in [-0.3, -0.25) is 9.59 Å². The Labute approximate surface area is 162 Å². The Balaban J connectivity index is 0.00000243. The van der Waals surface area contributed by atoms with Gasteiger partial charge in [0.05, 0.1) is 6.04 Å². The summed E-state index contributed by atoms with van der Waals surface area (Å²) in [5.41, 5.74) is 1.60. The molecule has 2 amide bonds. The van der Waals surface area contributed by atoms with Crippen LogP contribution in [0.1, 0.15) is 61.4 Å². The normalized spacial score (nSPS) is 24.3. The van der Waals surface area contributed by atoms with Crippen molar-refractivity contribution in [3.05, 3.63) is 35.4 Å². The fourth-order valence-electron chi connectivity index (χ4n) is 4.00. The lowest BCUT2D eigenvalue weighted by atomic mass is 9.85. The molecular weight excluding hydrogens is 350 g/mol. The number of fused-ring (bicyclic) bond motifs is 1. The molecule has 26 heavy (non-hydrogen) atoms. The molecule has 1 saturated heterocycles.